The Bertz CT molecular complexity index is 944. The number of aryl methyl sites for hydroxylation is 2. The van der Waals surface area contributed by atoms with Crippen LogP contribution in [0.5, 0.6) is 0 Å². The molecule has 0 bridgehead atoms. The van der Waals surface area contributed by atoms with Gasteiger partial charge in [-0.15, -0.1) is 0 Å². The van der Waals surface area contributed by atoms with Gasteiger partial charge in [0.15, 0.2) is 0 Å². The molecule has 0 unspecified atom stereocenters. The smallest absolute Gasteiger partial charge is 0.0249 e. The second kappa shape index (κ2) is 10.3. The van der Waals surface area contributed by atoms with E-state index in [1.54, 1.807) is 0 Å². The first-order chi connectivity index (χ1) is 13.8. The van der Waals surface area contributed by atoms with Gasteiger partial charge in [-0.3, -0.25) is 0 Å². The second-order valence-electron chi connectivity index (χ2n) is 6.99. The third-order valence-corrected chi connectivity index (χ3v) is 4.89. The van der Waals surface area contributed by atoms with E-state index in [9.17, 15) is 0 Å². The fraction of sp³-hybridized carbons (Fsp3) is 0.214. The third kappa shape index (κ3) is 5.73. The van der Waals surface area contributed by atoms with E-state index in [-0.39, 0.29) is 0 Å². The highest BCUT2D eigenvalue weighted by Crippen LogP contribution is 2.20. The minimum atomic E-state index is 1.04. The standard InChI is InChI=1S/C28H28/c1-3-5-6-7-8-24-9-11-25(12-10-24)13-14-26-17-21-28(22-18-26)27-19-15-23(4-2)16-20-27/h5-6,9-12,15-22H,3-4,7-8H2,1-2H3/b6-5+. The number of rotatable bonds is 6. The summed E-state index contributed by atoms with van der Waals surface area (Å²) in [4.78, 5) is 0. The molecule has 0 aliphatic heterocycles. The Balaban J connectivity index is 1.62. The second-order valence-corrected chi connectivity index (χ2v) is 6.99. The molecule has 0 aliphatic carbocycles. The molecular weight excluding hydrogens is 336 g/mol. The molecular formula is C28H28. The summed E-state index contributed by atoms with van der Waals surface area (Å²) in [5, 5.41) is 0. The lowest BCUT2D eigenvalue weighted by atomic mass is 10.0. The Hall–Kier alpha value is -3.04. The maximum Gasteiger partial charge on any atom is 0.0249 e. The highest BCUT2D eigenvalue weighted by Gasteiger charge is 1.98. The van der Waals surface area contributed by atoms with E-state index >= 15 is 0 Å². The summed E-state index contributed by atoms with van der Waals surface area (Å²) >= 11 is 0. The lowest BCUT2D eigenvalue weighted by molar-refractivity contribution is 0.992. The van der Waals surface area contributed by atoms with Crippen molar-refractivity contribution in [3.8, 4) is 23.0 Å². The number of hydrogen-bond donors (Lipinski definition) is 0. The molecule has 140 valence electrons. The van der Waals surface area contributed by atoms with Crippen LogP contribution in [0.15, 0.2) is 84.9 Å². The summed E-state index contributed by atoms with van der Waals surface area (Å²) < 4.78 is 0. The van der Waals surface area contributed by atoms with Crippen molar-refractivity contribution in [1.82, 2.24) is 0 Å². The van der Waals surface area contributed by atoms with Crippen LogP contribution in [0.4, 0.5) is 0 Å². The maximum atomic E-state index is 3.28. The first kappa shape index (κ1) is 19.7. The van der Waals surface area contributed by atoms with Crippen LogP contribution in [-0.2, 0) is 12.8 Å². The Labute approximate surface area is 170 Å². The van der Waals surface area contributed by atoms with Gasteiger partial charge in [-0.05, 0) is 72.2 Å². The van der Waals surface area contributed by atoms with Gasteiger partial charge in [0.2, 0.25) is 0 Å². The first-order valence-electron chi connectivity index (χ1n) is 10.2. The summed E-state index contributed by atoms with van der Waals surface area (Å²) in [5.74, 6) is 6.55. The van der Waals surface area contributed by atoms with E-state index in [0.717, 1.165) is 36.8 Å². The summed E-state index contributed by atoms with van der Waals surface area (Å²) in [6.45, 7) is 4.35. The molecule has 0 fully saturated rings. The molecule has 0 nitrogen and oxygen atoms in total. The molecule has 0 spiro atoms. The van der Waals surface area contributed by atoms with Gasteiger partial charge in [-0.1, -0.05) is 86.4 Å². The SMILES string of the molecule is CC/C=C/CCc1ccc(C#Cc2ccc(-c3ccc(CC)cc3)cc2)cc1. The fourth-order valence-corrected chi connectivity index (χ4v) is 3.11. The van der Waals surface area contributed by atoms with Crippen molar-refractivity contribution in [2.75, 3.05) is 0 Å². The maximum absolute atomic E-state index is 3.28. The molecule has 0 saturated heterocycles. The molecule has 3 rings (SSSR count). The monoisotopic (exact) mass is 364 g/mol. The van der Waals surface area contributed by atoms with E-state index in [0.29, 0.717) is 0 Å². The predicted molar refractivity (Wildman–Crippen MR) is 121 cm³/mol. The van der Waals surface area contributed by atoms with Crippen LogP contribution >= 0.6 is 0 Å². The average Bonchev–Trinajstić information content (AvgIpc) is 2.76. The zero-order valence-electron chi connectivity index (χ0n) is 16.9. The molecule has 3 aromatic carbocycles. The molecule has 3 aromatic rings. The molecule has 0 saturated carbocycles. The molecule has 28 heavy (non-hydrogen) atoms. The topological polar surface area (TPSA) is 0 Å². The average molecular weight is 365 g/mol. The summed E-state index contributed by atoms with van der Waals surface area (Å²) in [6, 6.07) is 25.9. The van der Waals surface area contributed by atoms with Crippen molar-refractivity contribution >= 4 is 0 Å². The van der Waals surface area contributed by atoms with E-state index < -0.39 is 0 Å². The third-order valence-electron chi connectivity index (χ3n) is 4.89. The Morgan fingerprint density at radius 3 is 1.64 bits per heavy atom. The van der Waals surface area contributed by atoms with Gasteiger partial charge in [0.25, 0.3) is 0 Å². The van der Waals surface area contributed by atoms with Crippen LogP contribution < -0.4 is 0 Å². The Morgan fingerprint density at radius 2 is 1.11 bits per heavy atom. The van der Waals surface area contributed by atoms with Crippen LogP contribution in [0.25, 0.3) is 11.1 Å². The van der Waals surface area contributed by atoms with E-state index in [1.165, 1.54) is 22.3 Å². The normalized spacial score (nSPS) is 10.6. The lowest BCUT2D eigenvalue weighted by Crippen LogP contribution is -1.84. The van der Waals surface area contributed by atoms with Crippen molar-refractivity contribution in [1.29, 1.82) is 0 Å². The van der Waals surface area contributed by atoms with E-state index in [1.807, 2.05) is 0 Å². The molecule has 0 radical (unpaired) electrons. The minimum absolute atomic E-state index is 1.04. The van der Waals surface area contributed by atoms with Gasteiger partial charge in [0.1, 0.15) is 0 Å². The molecule has 0 heteroatoms. The summed E-state index contributed by atoms with van der Waals surface area (Å²) in [5.41, 5.74) is 7.32. The first-order valence-corrected chi connectivity index (χ1v) is 10.2. The van der Waals surface area contributed by atoms with Crippen molar-refractivity contribution in [3.63, 3.8) is 0 Å². The van der Waals surface area contributed by atoms with Gasteiger partial charge in [-0.2, -0.15) is 0 Å². The van der Waals surface area contributed by atoms with E-state index in [2.05, 4.69) is 111 Å². The highest BCUT2D eigenvalue weighted by atomic mass is 14.0. The number of hydrogen-bond acceptors (Lipinski definition) is 0. The zero-order valence-corrected chi connectivity index (χ0v) is 16.9. The summed E-state index contributed by atoms with van der Waals surface area (Å²) in [6.07, 6.45) is 8.87. The van der Waals surface area contributed by atoms with Crippen LogP contribution in [0, 0.1) is 11.8 Å². The Morgan fingerprint density at radius 1 is 0.607 bits per heavy atom. The Kier molecular flexibility index (Phi) is 7.28. The lowest BCUT2D eigenvalue weighted by Gasteiger charge is -2.03. The predicted octanol–water partition coefficient (Wildman–Crippen LogP) is 7.21. The summed E-state index contributed by atoms with van der Waals surface area (Å²) in [7, 11) is 0. The van der Waals surface area contributed by atoms with Gasteiger partial charge >= 0.3 is 0 Å². The van der Waals surface area contributed by atoms with Gasteiger partial charge in [0, 0.05) is 11.1 Å². The van der Waals surface area contributed by atoms with Crippen LogP contribution in [-0.4, -0.2) is 0 Å². The van der Waals surface area contributed by atoms with Crippen LogP contribution in [0.2, 0.25) is 0 Å². The van der Waals surface area contributed by atoms with Crippen molar-refractivity contribution in [2.24, 2.45) is 0 Å². The van der Waals surface area contributed by atoms with Gasteiger partial charge in [-0.25, -0.2) is 0 Å². The van der Waals surface area contributed by atoms with Gasteiger partial charge in [0.05, 0.1) is 0 Å². The van der Waals surface area contributed by atoms with Crippen LogP contribution in [0.3, 0.4) is 0 Å². The number of benzene rings is 3. The molecule has 0 aromatic heterocycles. The molecule has 0 atom stereocenters. The zero-order chi connectivity index (χ0) is 19.6. The fourth-order valence-electron chi connectivity index (χ4n) is 3.11. The van der Waals surface area contributed by atoms with Crippen molar-refractivity contribution in [2.45, 2.75) is 39.5 Å². The van der Waals surface area contributed by atoms with E-state index in [4.69, 9.17) is 0 Å². The molecule has 0 N–H and O–H groups in total. The van der Waals surface area contributed by atoms with Crippen molar-refractivity contribution < 1.29 is 0 Å². The van der Waals surface area contributed by atoms with Crippen LogP contribution in [0.1, 0.15) is 48.9 Å². The molecule has 0 heterocycles. The van der Waals surface area contributed by atoms with Crippen molar-refractivity contribution in [3.05, 3.63) is 107 Å². The number of allylic oxidation sites excluding steroid dienone is 2. The molecule has 0 amide bonds. The quantitative estimate of drug-likeness (QED) is 0.320. The molecule has 0 aliphatic rings. The minimum Gasteiger partial charge on any atom is -0.0888 e. The van der Waals surface area contributed by atoms with Gasteiger partial charge < -0.3 is 0 Å². The largest absolute Gasteiger partial charge is 0.0888 e. The highest BCUT2D eigenvalue weighted by molar-refractivity contribution is 5.64.